The van der Waals surface area contributed by atoms with Crippen molar-refractivity contribution in [2.24, 2.45) is 0 Å². The molecule has 2 heterocycles. The van der Waals surface area contributed by atoms with Crippen molar-refractivity contribution in [3.63, 3.8) is 0 Å². The van der Waals surface area contributed by atoms with E-state index in [4.69, 9.17) is 0 Å². The van der Waals surface area contributed by atoms with Crippen LogP contribution in [-0.4, -0.2) is 15.9 Å². The van der Waals surface area contributed by atoms with Crippen molar-refractivity contribution in [1.82, 2.24) is 15.3 Å². The minimum atomic E-state index is -0.138. The van der Waals surface area contributed by atoms with Gasteiger partial charge in [-0.1, -0.05) is 0 Å². The van der Waals surface area contributed by atoms with Gasteiger partial charge in [0.05, 0.1) is 12.1 Å². The van der Waals surface area contributed by atoms with Gasteiger partial charge in [0.25, 0.3) is 5.91 Å². The number of aromatic amines is 1. The van der Waals surface area contributed by atoms with Crippen molar-refractivity contribution < 1.29 is 4.79 Å². The molecule has 0 bridgehead atoms. The van der Waals surface area contributed by atoms with Gasteiger partial charge in [-0.25, -0.2) is 4.98 Å². The van der Waals surface area contributed by atoms with Crippen LogP contribution in [0.15, 0.2) is 29.2 Å². The van der Waals surface area contributed by atoms with Crippen molar-refractivity contribution in [3.8, 4) is 0 Å². The molecule has 0 fully saturated rings. The zero-order chi connectivity index (χ0) is 9.80. The standard InChI is InChI=1S/C9H9N3OS/c13-9(8-5-14-6-12-8)11-4-7-2-1-3-10-7/h1-3,5-6,10H,4H2,(H,11,13). The predicted octanol–water partition coefficient (Wildman–Crippen LogP) is 1.40. The SMILES string of the molecule is O=C(NCc1ccc[nH]1)c1cscn1. The van der Waals surface area contributed by atoms with E-state index in [1.807, 2.05) is 18.3 Å². The molecule has 0 radical (unpaired) electrons. The van der Waals surface area contributed by atoms with Gasteiger partial charge in [0.2, 0.25) is 0 Å². The molecule has 72 valence electrons. The van der Waals surface area contributed by atoms with E-state index in [2.05, 4.69) is 15.3 Å². The Morgan fingerprint density at radius 2 is 2.57 bits per heavy atom. The first-order valence-corrected chi connectivity index (χ1v) is 5.09. The first kappa shape index (κ1) is 8.96. The van der Waals surface area contributed by atoms with E-state index in [0.29, 0.717) is 12.2 Å². The highest BCUT2D eigenvalue weighted by Crippen LogP contribution is 2.01. The molecule has 0 aliphatic rings. The Balaban J connectivity index is 1.90. The number of carbonyl (C=O) groups is 1. The maximum absolute atomic E-state index is 11.4. The van der Waals surface area contributed by atoms with Gasteiger partial charge in [-0.05, 0) is 12.1 Å². The zero-order valence-electron chi connectivity index (χ0n) is 7.36. The van der Waals surface area contributed by atoms with Gasteiger partial charge in [0.1, 0.15) is 5.69 Å². The van der Waals surface area contributed by atoms with E-state index in [1.54, 1.807) is 10.9 Å². The lowest BCUT2D eigenvalue weighted by Crippen LogP contribution is -2.23. The third-order valence-electron chi connectivity index (χ3n) is 1.77. The lowest BCUT2D eigenvalue weighted by molar-refractivity contribution is 0.0946. The lowest BCUT2D eigenvalue weighted by atomic mass is 10.4. The van der Waals surface area contributed by atoms with Crippen LogP contribution in [0.4, 0.5) is 0 Å². The molecule has 2 aromatic rings. The first-order valence-electron chi connectivity index (χ1n) is 4.15. The van der Waals surface area contributed by atoms with Crippen LogP contribution >= 0.6 is 11.3 Å². The first-order chi connectivity index (χ1) is 6.86. The highest BCUT2D eigenvalue weighted by atomic mass is 32.1. The van der Waals surface area contributed by atoms with Gasteiger partial charge in [-0.3, -0.25) is 4.79 Å². The molecule has 0 aliphatic heterocycles. The Bertz CT molecular complexity index is 394. The van der Waals surface area contributed by atoms with Crippen molar-refractivity contribution in [3.05, 3.63) is 40.6 Å². The van der Waals surface area contributed by atoms with E-state index >= 15 is 0 Å². The Morgan fingerprint density at radius 1 is 1.64 bits per heavy atom. The average molecular weight is 207 g/mol. The van der Waals surface area contributed by atoms with Crippen molar-refractivity contribution in [2.75, 3.05) is 0 Å². The second-order valence-electron chi connectivity index (χ2n) is 2.75. The number of hydrogen-bond acceptors (Lipinski definition) is 3. The summed E-state index contributed by atoms with van der Waals surface area (Å²) in [4.78, 5) is 18.3. The third kappa shape index (κ3) is 2.00. The van der Waals surface area contributed by atoms with E-state index < -0.39 is 0 Å². The molecule has 0 unspecified atom stereocenters. The van der Waals surface area contributed by atoms with Gasteiger partial charge in [0, 0.05) is 17.3 Å². The minimum absolute atomic E-state index is 0.138. The summed E-state index contributed by atoms with van der Waals surface area (Å²) in [6, 6.07) is 3.81. The van der Waals surface area contributed by atoms with Gasteiger partial charge in [-0.2, -0.15) is 0 Å². The summed E-state index contributed by atoms with van der Waals surface area (Å²) in [5.74, 6) is -0.138. The molecule has 2 aromatic heterocycles. The van der Waals surface area contributed by atoms with E-state index in [1.165, 1.54) is 11.3 Å². The summed E-state index contributed by atoms with van der Waals surface area (Å²) in [6.07, 6.45) is 1.82. The Morgan fingerprint density at radius 3 is 3.21 bits per heavy atom. The lowest BCUT2D eigenvalue weighted by Gasteiger charge is -2.00. The summed E-state index contributed by atoms with van der Waals surface area (Å²) >= 11 is 1.41. The smallest absolute Gasteiger partial charge is 0.271 e. The number of H-pyrrole nitrogens is 1. The van der Waals surface area contributed by atoms with Crippen LogP contribution in [0, 0.1) is 0 Å². The molecule has 2 N–H and O–H groups in total. The quantitative estimate of drug-likeness (QED) is 0.799. The molecule has 5 heteroatoms. The number of rotatable bonds is 3. The largest absolute Gasteiger partial charge is 0.364 e. The third-order valence-corrected chi connectivity index (χ3v) is 2.35. The Labute approximate surface area is 85.0 Å². The van der Waals surface area contributed by atoms with Crippen LogP contribution < -0.4 is 5.32 Å². The van der Waals surface area contributed by atoms with Gasteiger partial charge >= 0.3 is 0 Å². The van der Waals surface area contributed by atoms with E-state index in [0.717, 1.165) is 5.69 Å². The molecule has 0 spiro atoms. The summed E-state index contributed by atoms with van der Waals surface area (Å²) in [7, 11) is 0. The maximum Gasteiger partial charge on any atom is 0.271 e. The van der Waals surface area contributed by atoms with Gasteiger partial charge in [-0.15, -0.1) is 11.3 Å². The van der Waals surface area contributed by atoms with Crippen molar-refractivity contribution in [1.29, 1.82) is 0 Å². The van der Waals surface area contributed by atoms with Crippen LogP contribution in [0.25, 0.3) is 0 Å². The summed E-state index contributed by atoms with van der Waals surface area (Å²) in [5, 5.41) is 4.49. The maximum atomic E-state index is 11.4. The van der Waals surface area contributed by atoms with Crippen LogP contribution in [0.3, 0.4) is 0 Å². The van der Waals surface area contributed by atoms with Crippen molar-refractivity contribution >= 4 is 17.2 Å². The number of amides is 1. The molecular formula is C9H9N3OS. The Hall–Kier alpha value is -1.62. The normalized spacial score (nSPS) is 10.0. The average Bonchev–Trinajstić information content (AvgIpc) is 2.87. The summed E-state index contributed by atoms with van der Waals surface area (Å²) in [5.41, 5.74) is 3.10. The van der Waals surface area contributed by atoms with Crippen LogP contribution in [0.1, 0.15) is 16.2 Å². The number of aromatic nitrogens is 2. The number of nitrogens with one attached hydrogen (secondary N) is 2. The van der Waals surface area contributed by atoms with Crippen molar-refractivity contribution in [2.45, 2.75) is 6.54 Å². The zero-order valence-corrected chi connectivity index (χ0v) is 8.17. The molecule has 0 saturated heterocycles. The highest BCUT2D eigenvalue weighted by Gasteiger charge is 2.06. The van der Waals surface area contributed by atoms with Crippen LogP contribution in [-0.2, 0) is 6.54 Å². The fourth-order valence-corrected chi connectivity index (χ4v) is 1.60. The molecule has 0 aromatic carbocycles. The van der Waals surface area contributed by atoms with Crippen LogP contribution in [0.5, 0.6) is 0 Å². The number of thiazole rings is 1. The molecule has 0 saturated carbocycles. The molecule has 0 atom stereocenters. The van der Waals surface area contributed by atoms with E-state index in [-0.39, 0.29) is 5.91 Å². The molecule has 0 aliphatic carbocycles. The second kappa shape index (κ2) is 4.06. The van der Waals surface area contributed by atoms with Gasteiger partial charge < -0.3 is 10.3 Å². The summed E-state index contributed by atoms with van der Waals surface area (Å²) < 4.78 is 0. The molecular weight excluding hydrogens is 198 g/mol. The second-order valence-corrected chi connectivity index (χ2v) is 3.47. The molecule has 2 rings (SSSR count). The van der Waals surface area contributed by atoms with Crippen LogP contribution in [0.2, 0.25) is 0 Å². The number of hydrogen-bond donors (Lipinski definition) is 2. The molecule has 1 amide bonds. The topological polar surface area (TPSA) is 57.8 Å². The highest BCUT2D eigenvalue weighted by molar-refractivity contribution is 7.07. The van der Waals surface area contributed by atoms with Gasteiger partial charge in [0.15, 0.2) is 0 Å². The number of nitrogens with zero attached hydrogens (tertiary/aromatic N) is 1. The molecule has 14 heavy (non-hydrogen) atoms. The van der Waals surface area contributed by atoms with E-state index in [9.17, 15) is 4.79 Å². The molecule has 4 nitrogen and oxygen atoms in total. The summed E-state index contributed by atoms with van der Waals surface area (Å²) in [6.45, 7) is 0.503. The monoisotopic (exact) mass is 207 g/mol. The minimum Gasteiger partial charge on any atom is -0.364 e. The Kier molecular flexibility index (Phi) is 2.60. The fraction of sp³-hybridized carbons (Fsp3) is 0.111. The number of carbonyl (C=O) groups excluding carboxylic acids is 1. The fourth-order valence-electron chi connectivity index (χ4n) is 1.07. The predicted molar refractivity (Wildman–Crippen MR) is 54.1 cm³/mol.